The van der Waals surface area contributed by atoms with Crippen molar-refractivity contribution in [3.8, 4) is 0 Å². The molecule has 0 aliphatic rings. The Bertz CT molecular complexity index is 108. The van der Waals surface area contributed by atoms with Crippen LogP contribution in [0.15, 0.2) is 0 Å². The summed E-state index contributed by atoms with van der Waals surface area (Å²) in [5.74, 6) is 0.0451. The topological polar surface area (TPSA) is 105 Å². The molecule has 0 aromatic heterocycles. The number of hydrogen-bond acceptors (Lipinski definition) is 2. The van der Waals surface area contributed by atoms with E-state index < -0.39 is 6.03 Å². The largest absolute Gasteiger partial charge is 0.388 e. The number of carbonyl (C=O) groups excluding carboxylic acids is 1. The molecule has 0 aromatic carbocycles. The van der Waals surface area contributed by atoms with Crippen LogP contribution in [0.3, 0.4) is 0 Å². The van der Waals surface area contributed by atoms with Gasteiger partial charge in [0.2, 0.25) is 0 Å². The second-order valence-corrected chi connectivity index (χ2v) is 1.57. The molecule has 0 saturated heterocycles. The fraction of sp³-hybridized carbons (Fsp3) is 0.500. The van der Waals surface area contributed by atoms with Crippen LogP contribution in [0.2, 0.25) is 0 Å². The first kappa shape index (κ1) is 7.74. The number of hydrogen-bond donors (Lipinski definition) is 4. The Kier molecular flexibility index (Phi) is 3.19. The van der Waals surface area contributed by atoms with Crippen molar-refractivity contribution in [2.45, 2.75) is 6.42 Å². The highest BCUT2D eigenvalue weighted by molar-refractivity contribution is 5.78. The molecule has 0 bridgehead atoms. The van der Waals surface area contributed by atoms with E-state index in [1.807, 2.05) is 0 Å². The van der Waals surface area contributed by atoms with E-state index in [2.05, 4.69) is 5.32 Å². The molecule has 5 heteroatoms. The Hall–Kier alpha value is -1.26. The van der Waals surface area contributed by atoms with Gasteiger partial charge in [-0.25, -0.2) is 4.79 Å². The number of carbonyl (C=O) groups is 1. The number of amides is 2. The lowest BCUT2D eigenvalue weighted by Gasteiger charge is -1.97. The zero-order valence-electron chi connectivity index (χ0n) is 4.98. The summed E-state index contributed by atoms with van der Waals surface area (Å²) in [7, 11) is 0. The second kappa shape index (κ2) is 3.71. The normalized spacial score (nSPS) is 8.44. The van der Waals surface area contributed by atoms with Gasteiger partial charge in [-0.3, -0.25) is 5.41 Å². The summed E-state index contributed by atoms with van der Waals surface area (Å²) in [6, 6.07) is -0.587. The van der Waals surface area contributed by atoms with E-state index in [9.17, 15) is 4.79 Å². The first-order valence-corrected chi connectivity index (χ1v) is 2.49. The average molecular weight is 130 g/mol. The Morgan fingerprint density at radius 2 is 2.11 bits per heavy atom. The van der Waals surface area contributed by atoms with Gasteiger partial charge in [-0.05, 0) is 0 Å². The summed E-state index contributed by atoms with van der Waals surface area (Å²) in [5, 5.41) is 9.02. The van der Waals surface area contributed by atoms with Crippen LogP contribution in [0, 0.1) is 5.41 Å². The fourth-order valence-corrected chi connectivity index (χ4v) is 0.320. The van der Waals surface area contributed by atoms with E-state index in [0.717, 1.165) is 0 Å². The molecule has 0 aliphatic heterocycles. The maximum atomic E-state index is 9.98. The van der Waals surface area contributed by atoms with E-state index in [0.29, 0.717) is 13.0 Å². The quantitative estimate of drug-likeness (QED) is 0.290. The van der Waals surface area contributed by atoms with Crippen molar-refractivity contribution in [3.63, 3.8) is 0 Å². The SMILES string of the molecule is N=C(N)CCNC(N)=O. The molecule has 0 heterocycles. The standard InChI is InChI=1S/C4H10N4O/c5-3(6)1-2-8-4(7)9/h1-2H2,(H3,5,6)(H3,7,8,9). The van der Waals surface area contributed by atoms with Gasteiger partial charge in [-0.1, -0.05) is 0 Å². The van der Waals surface area contributed by atoms with Gasteiger partial charge in [-0.15, -0.1) is 0 Å². The van der Waals surface area contributed by atoms with E-state index in [1.54, 1.807) is 0 Å². The number of amidine groups is 1. The lowest BCUT2D eigenvalue weighted by Crippen LogP contribution is -2.32. The number of urea groups is 1. The Balaban J connectivity index is 3.10. The minimum Gasteiger partial charge on any atom is -0.388 e. The smallest absolute Gasteiger partial charge is 0.312 e. The van der Waals surface area contributed by atoms with E-state index in [4.69, 9.17) is 16.9 Å². The van der Waals surface area contributed by atoms with Crippen LogP contribution in [0.25, 0.3) is 0 Å². The van der Waals surface area contributed by atoms with Crippen molar-refractivity contribution >= 4 is 11.9 Å². The van der Waals surface area contributed by atoms with Crippen LogP contribution in [0.4, 0.5) is 4.79 Å². The minimum absolute atomic E-state index is 0.0451. The maximum absolute atomic E-state index is 9.98. The van der Waals surface area contributed by atoms with Crippen molar-refractivity contribution in [2.75, 3.05) is 6.54 Å². The molecule has 0 saturated carbocycles. The third-order valence-corrected chi connectivity index (χ3v) is 0.694. The van der Waals surface area contributed by atoms with Crippen molar-refractivity contribution in [1.29, 1.82) is 5.41 Å². The monoisotopic (exact) mass is 130 g/mol. The fourth-order valence-electron chi connectivity index (χ4n) is 0.320. The summed E-state index contributed by atoms with van der Waals surface area (Å²) in [6.07, 6.45) is 0.350. The van der Waals surface area contributed by atoms with Crippen LogP contribution in [0.5, 0.6) is 0 Å². The number of nitrogens with two attached hydrogens (primary N) is 2. The molecule has 0 radical (unpaired) electrons. The zero-order valence-corrected chi connectivity index (χ0v) is 4.98. The van der Waals surface area contributed by atoms with Gasteiger partial charge in [0.15, 0.2) is 0 Å². The molecule has 0 spiro atoms. The summed E-state index contributed by atoms with van der Waals surface area (Å²) in [6.45, 7) is 0.338. The van der Waals surface area contributed by atoms with Crippen LogP contribution in [-0.4, -0.2) is 18.4 Å². The van der Waals surface area contributed by atoms with Crippen LogP contribution < -0.4 is 16.8 Å². The molecule has 5 nitrogen and oxygen atoms in total. The second-order valence-electron chi connectivity index (χ2n) is 1.57. The molecule has 2 amide bonds. The average Bonchev–Trinajstić information content (AvgIpc) is 1.63. The molecule has 0 aromatic rings. The van der Waals surface area contributed by atoms with Gasteiger partial charge in [0.25, 0.3) is 0 Å². The molecule has 9 heavy (non-hydrogen) atoms. The summed E-state index contributed by atoms with van der Waals surface area (Å²) in [5.41, 5.74) is 9.69. The first-order valence-electron chi connectivity index (χ1n) is 2.49. The first-order chi connectivity index (χ1) is 4.13. The minimum atomic E-state index is -0.587. The molecular formula is C4H10N4O. The summed E-state index contributed by atoms with van der Waals surface area (Å²) < 4.78 is 0. The van der Waals surface area contributed by atoms with Crippen molar-refractivity contribution in [3.05, 3.63) is 0 Å². The highest BCUT2D eigenvalue weighted by atomic mass is 16.2. The molecule has 0 unspecified atom stereocenters. The summed E-state index contributed by atoms with van der Waals surface area (Å²) in [4.78, 5) is 9.98. The Labute approximate surface area is 52.9 Å². The zero-order chi connectivity index (χ0) is 7.28. The predicted octanol–water partition coefficient (Wildman–Crippen LogP) is -1.02. The van der Waals surface area contributed by atoms with E-state index in [-0.39, 0.29) is 5.84 Å². The molecular weight excluding hydrogens is 120 g/mol. The number of primary amides is 1. The molecule has 6 N–H and O–H groups in total. The van der Waals surface area contributed by atoms with Crippen molar-refractivity contribution < 1.29 is 4.79 Å². The van der Waals surface area contributed by atoms with Crippen LogP contribution >= 0.6 is 0 Å². The molecule has 0 atom stereocenters. The van der Waals surface area contributed by atoms with E-state index in [1.165, 1.54) is 0 Å². The van der Waals surface area contributed by atoms with Gasteiger partial charge in [0.1, 0.15) is 0 Å². The van der Waals surface area contributed by atoms with Crippen LogP contribution in [0.1, 0.15) is 6.42 Å². The van der Waals surface area contributed by atoms with Gasteiger partial charge in [-0.2, -0.15) is 0 Å². The van der Waals surface area contributed by atoms with Gasteiger partial charge in [0, 0.05) is 13.0 Å². The van der Waals surface area contributed by atoms with Crippen LogP contribution in [-0.2, 0) is 0 Å². The molecule has 0 aliphatic carbocycles. The third kappa shape index (κ3) is 6.74. The van der Waals surface area contributed by atoms with Crippen molar-refractivity contribution in [2.24, 2.45) is 11.5 Å². The Morgan fingerprint density at radius 1 is 1.56 bits per heavy atom. The van der Waals surface area contributed by atoms with E-state index >= 15 is 0 Å². The maximum Gasteiger partial charge on any atom is 0.312 e. The predicted molar refractivity (Wildman–Crippen MR) is 34.1 cm³/mol. The van der Waals surface area contributed by atoms with Crippen molar-refractivity contribution in [1.82, 2.24) is 5.32 Å². The highest BCUT2D eigenvalue weighted by Crippen LogP contribution is 1.70. The lowest BCUT2D eigenvalue weighted by atomic mass is 10.4. The molecule has 52 valence electrons. The molecule has 0 fully saturated rings. The Morgan fingerprint density at radius 3 is 2.44 bits per heavy atom. The third-order valence-electron chi connectivity index (χ3n) is 0.694. The van der Waals surface area contributed by atoms with Gasteiger partial charge >= 0.3 is 6.03 Å². The highest BCUT2D eigenvalue weighted by Gasteiger charge is 1.90. The molecule has 0 rings (SSSR count). The summed E-state index contributed by atoms with van der Waals surface area (Å²) >= 11 is 0. The van der Waals surface area contributed by atoms with Gasteiger partial charge in [0.05, 0.1) is 5.84 Å². The van der Waals surface area contributed by atoms with Gasteiger partial charge < -0.3 is 16.8 Å². The number of nitrogens with one attached hydrogen (secondary N) is 2. The lowest BCUT2D eigenvalue weighted by molar-refractivity contribution is 0.249. The number of rotatable bonds is 3.